The van der Waals surface area contributed by atoms with Gasteiger partial charge in [-0.15, -0.1) is 0 Å². The zero-order valence-corrected chi connectivity index (χ0v) is 20.9. The van der Waals surface area contributed by atoms with Crippen LogP contribution in [0.5, 0.6) is 0 Å². The van der Waals surface area contributed by atoms with E-state index in [1.54, 1.807) is 0 Å². The van der Waals surface area contributed by atoms with Crippen LogP contribution in [-0.4, -0.2) is 59.5 Å². The van der Waals surface area contributed by atoms with Gasteiger partial charge in [-0.05, 0) is 68.3 Å². The first-order chi connectivity index (χ1) is 17.3. The smallest absolute Gasteiger partial charge is 0.328 e. The van der Waals surface area contributed by atoms with Crippen molar-refractivity contribution in [2.45, 2.75) is 45.1 Å². The minimum Gasteiger partial charge on any atom is -0.478 e. The second kappa shape index (κ2) is 13.6. The van der Waals surface area contributed by atoms with Crippen molar-refractivity contribution >= 4 is 23.4 Å². The van der Waals surface area contributed by atoms with E-state index < -0.39 is 11.9 Å². The number of ketones is 1. The van der Waals surface area contributed by atoms with Crippen LogP contribution in [0.4, 0.5) is 5.69 Å². The largest absolute Gasteiger partial charge is 0.478 e. The van der Waals surface area contributed by atoms with Crippen LogP contribution < -0.4 is 4.90 Å². The van der Waals surface area contributed by atoms with Crippen LogP contribution in [0.3, 0.4) is 0 Å². The van der Waals surface area contributed by atoms with Gasteiger partial charge in [0.1, 0.15) is 0 Å². The molecule has 0 atom stereocenters. The number of rotatable bonds is 8. The Kier molecular flexibility index (Phi) is 10.2. The number of carboxylic acids is 2. The molecule has 2 N–H and O–H groups in total. The summed E-state index contributed by atoms with van der Waals surface area (Å²) in [5.41, 5.74) is 4.94. The lowest BCUT2D eigenvalue weighted by Crippen LogP contribution is -2.33. The summed E-state index contributed by atoms with van der Waals surface area (Å²) in [7, 11) is 2.13. The van der Waals surface area contributed by atoms with E-state index >= 15 is 0 Å². The maximum atomic E-state index is 12.8. The molecule has 0 saturated carbocycles. The van der Waals surface area contributed by atoms with Crippen LogP contribution in [-0.2, 0) is 22.6 Å². The van der Waals surface area contributed by atoms with E-state index in [1.165, 1.54) is 36.1 Å². The number of aliphatic carboxylic acids is 2. The Balaban J connectivity index is 0.000000392. The molecule has 0 aliphatic carbocycles. The average molecular weight is 493 g/mol. The molecule has 0 unspecified atom stereocenters. The second-order valence-electron chi connectivity index (χ2n) is 9.55. The van der Waals surface area contributed by atoms with E-state index in [0.717, 1.165) is 44.6 Å². The monoisotopic (exact) mass is 492 g/mol. The van der Waals surface area contributed by atoms with Crippen molar-refractivity contribution in [3.8, 4) is 0 Å². The number of hydrogen-bond donors (Lipinski definition) is 2. The molecule has 2 aromatic carbocycles. The van der Waals surface area contributed by atoms with Crippen molar-refractivity contribution < 1.29 is 24.6 Å². The summed E-state index contributed by atoms with van der Waals surface area (Å²) in [6.45, 7) is 4.44. The lowest BCUT2D eigenvalue weighted by Gasteiger charge is -2.32. The highest BCUT2D eigenvalue weighted by Crippen LogP contribution is 2.29. The number of likely N-dealkylation sites (tertiary alicyclic amines) is 1. The highest BCUT2D eigenvalue weighted by Gasteiger charge is 2.21. The maximum Gasteiger partial charge on any atom is 0.328 e. The van der Waals surface area contributed by atoms with Crippen molar-refractivity contribution in [3.63, 3.8) is 0 Å². The first kappa shape index (κ1) is 27.1. The van der Waals surface area contributed by atoms with Gasteiger partial charge in [0, 0.05) is 50.0 Å². The van der Waals surface area contributed by atoms with Crippen LogP contribution in [0, 0.1) is 5.92 Å². The number of carbonyl (C=O) groups is 3. The summed E-state index contributed by atoms with van der Waals surface area (Å²) >= 11 is 0. The molecule has 7 heteroatoms. The van der Waals surface area contributed by atoms with Gasteiger partial charge in [-0.25, -0.2) is 9.59 Å². The number of aryl methyl sites for hydroxylation is 1. The van der Waals surface area contributed by atoms with Crippen molar-refractivity contribution in [1.29, 1.82) is 0 Å². The number of carboxylic acid groups (broad SMARTS) is 2. The number of anilines is 1. The summed E-state index contributed by atoms with van der Waals surface area (Å²) in [5.74, 6) is -1.51. The zero-order chi connectivity index (χ0) is 25.9. The molecule has 36 heavy (non-hydrogen) atoms. The van der Waals surface area contributed by atoms with E-state index in [2.05, 4.69) is 59.3 Å². The number of hydrogen-bond acceptors (Lipinski definition) is 5. The maximum absolute atomic E-state index is 12.8. The SMILES string of the molecule is CN1CCCc2ccc(C(=O)CCC3CCN(Cc4ccccc4)CC3)cc21.O=C(O)C=CC(=O)O. The molecule has 2 heterocycles. The lowest BCUT2D eigenvalue weighted by atomic mass is 9.89. The predicted octanol–water partition coefficient (Wildman–Crippen LogP) is 4.66. The summed E-state index contributed by atoms with van der Waals surface area (Å²) in [4.78, 5) is 36.7. The summed E-state index contributed by atoms with van der Waals surface area (Å²) in [5, 5.41) is 15.6. The van der Waals surface area contributed by atoms with E-state index in [4.69, 9.17) is 10.2 Å². The van der Waals surface area contributed by atoms with E-state index in [9.17, 15) is 14.4 Å². The van der Waals surface area contributed by atoms with E-state index in [0.29, 0.717) is 30.3 Å². The molecule has 0 bridgehead atoms. The predicted molar refractivity (Wildman–Crippen MR) is 140 cm³/mol. The number of nitrogens with zero attached hydrogens (tertiary/aromatic N) is 2. The minimum absolute atomic E-state index is 0.313. The Hall–Kier alpha value is -3.45. The Morgan fingerprint density at radius 3 is 2.25 bits per heavy atom. The number of Topliss-reactive ketones (excluding diaryl/α,β-unsaturated/α-hetero) is 1. The molecular formula is C29H36N2O5. The van der Waals surface area contributed by atoms with Crippen LogP contribution in [0.2, 0.25) is 0 Å². The quantitative estimate of drug-likeness (QED) is 0.409. The van der Waals surface area contributed by atoms with Gasteiger partial charge in [0.05, 0.1) is 0 Å². The second-order valence-corrected chi connectivity index (χ2v) is 9.55. The number of benzene rings is 2. The molecule has 1 saturated heterocycles. The third-order valence-electron chi connectivity index (χ3n) is 6.86. The zero-order valence-electron chi connectivity index (χ0n) is 20.9. The summed E-state index contributed by atoms with van der Waals surface area (Å²) in [6.07, 6.45) is 7.61. The molecule has 0 spiro atoms. The first-order valence-corrected chi connectivity index (χ1v) is 12.6. The molecule has 7 nitrogen and oxygen atoms in total. The fourth-order valence-electron chi connectivity index (χ4n) is 4.83. The first-order valence-electron chi connectivity index (χ1n) is 12.6. The van der Waals surface area contributed by atoms with E-state index in [1.807, 2.05) is 6.07 Å². The highest BCUT2D eigenvalue weighted by molar-refractivity contribution is 5.97. The van der Waals surface area contributed by atoms with Gasteiger partial charge in [-0.2, -0.15) is 0 Å². The highest BCUT2D eigenvalue weighted by atomic mass is 16.4. The Labute approximate surface area is 213 Å². The van der Waals surface area contributed by atoms with Gasteiger partial charge < -0.3 is 15.1 Å². The lowest BCUT2D eigenvalue weighted by molar-refractivity contribution is -0.134. The van der Waals surface area contributed by atoms with Crippen molar-refractivity contribution in [2.24, 2.45) is 5.92 Å². The van der Waals surface area contributed by atoms with Gasteiger partial charge in [0.25, 0.3) is 0 Å². The van der Waals surface area contributed by atoms with Crippen LogP contribution in [0.15, 0.2) is 60.7 Å². The van der Waals surface area contributed by atoms with Crippen LogP contribution in [0.25, 0.3) is 0 Å². The topological polar surface area (TPSA) is 98.2 Å². The Morgan fingerprint density at radius 1 is 0.944 bits per heavy atom. The molecule has 2 aliphatic rings. The number of carbonyl (C=O) groups excluding carboxylic acids is 1. The number of piperidine rings is 1. The Morgan fingerprint density at radius 2 is 1.61 bits per heavy atom. The van der Waals surface area contributed by atoms with Crippen LogP contribution in [0.1, 0.15) is 53.6 Å². The standard InChI is InChI=1S/C25H32N2O.C4H4O4/c1-26-15-5-8-22-10-11-23(18-24(22)26)25(28)12-9-20-13-16-27(17-14-20)19-21-6-3-2-4-7-21;5-3(6)1-2-4(7)8/h2-4,6-7,10-11,18,20H,5,8-9,12-17,19H2,1H3;1-2H,(H,5,6)(H,7,8). The third kappa shape index (κ3) is 8.64. The summed E-state index contributed by atoms with van der Waals surface area (Å²) in [6, 6.07) is 17.1. The fraction of sp³-hybridized carbons (Fsp3) is 0.414. The van der Waals surface area contributed by atoms with Gasteiger partial charge in [-0.3, -0.25) is 9.69 Å². The molecule has 0 radical (unpaired) electrons. The molecule has 192 valence electrons. The van der Waals surface area contributed by atoms with Crippen molar-refractivity contribution in [2.75, 3.05) is 31.6 Å². The van der Waals surface area contributed by atoms with Crippen LogP contribution >= 0.6 is 0 Å². The average Bonchev–Trinajstić information content (AvgIpc) is 2.88. The molecule has 2 aliphatic heterocycles. The van der Waals surface area contributed by atoms with Gasteiger partial charge >= 0.3 is 11.9 Å². The molecule has 0 amide bonds. The van der Waals surface area contributed by atoms with E-state index in [-0.39, 0.29) is 0 Å². The normalized spacial score (nSPS) is 16.2. The van der Waals surface area contributed by atoms with Crippen molar-refractivity contribution in [1.82, 2.24) is 4.90 Å². The van der Waals surface area contributed by atoms with Gasteiger partial charge in [-0.1, -0.05) is 42.5 Å². The molecule has 0 aromatic heterocycles. The third-order valence-corrected chi connectivity index (χ3v) is 6.86. The van der Waals surface area contributed by atoms with Gasteiger partial charge in [0.15, 0.2) is 5.78 Å². The van der Waals surface area contributed by atoms with Crippen molar-refractivity contribution in [3.05, 3.63) is 77.4 Å². The summed E-state index contributed by atoms with van der Waals surface area (Å²) < 4.78 is 0. The molecule has 2 aromatic rings. The number of fused-ring (bicyclic) bond motifs is 1. The minimum atomic E-state index is -1.26. The Bertz CT molecular complexity index is 1040. The molecule has 4 rings (SSSR count). The fourth-order valence-corrected chi connectivity index (χ4v) is 4.83. The molecule has 1 fully saturated rings. The van der Waals surface area contributed by atoms with Gasteiger partial charge in [0.2, 0.25) is 0 Å². The molecular weight excluding hydrogens is 456 g/mol.